The van der Waals surface area contributed by atoms with Gasteiger partial charge in [-0.05, 0) is 31.0 Å². The summed E-state index contributed by atoms with van der Waals surface area (Å²) in [4.78, 5) is 33.3. The van der Waals surface area contributed by atoms with E-state index in [-0.39, 0.29) is 17.5 Å². The normalized spacial score (nSPS) is 26.0. The second kappa shape index (κ2) is 11.7. The van der Waals surface area contributed by atoms with Crippen molar-refractivity contribution in [1.29, 1.82) is 0 Å². The van der Waals surface area contributed by atoms with Crippen molar-refractivity contribution >= 4 is 19.6 Å². The van der Waals surface area contributed by atoms with Gasteiger partial charge in [-0.2, -0.15) is 10.5 Å². The van der Waals surface area contributed by atoms with Gasteiger partial charge >= 0.3 is 19.5 Å². The van der Waals surface area contributed by atoms with Crippen molar-refractivity contribution in [3.8, 4) is 5.75 Å². The molecular weight excluding hydrogens is 514 g/mol. The number of phosphoric ester groups is 1. The smallest absolute Gasteiger partial charge is 0.395 e. The Balaban J connectivity index is 1.82. The first-order valence-corrected chi connectivity index (χ1v) is 12.7. The monoisotopic (exact) mass is 544 g/mol. The fourth-order valence-electron chi connectivity index (χ4n) is 3.55. The van der Waals surface area contributed by atoms with Crippen LogP contribution in [0.5, 0.6) is 5.75 Å². The molecule has 204 valence electrons. The van der Waals surface area contributed by atoms with Crippen LogP contribution in [-0.2, 0) is 28.0 Å². The topological polar surface area (TPSA) is 173 Å². The van der Waals surface area contributed by atoms with Gasteiger partial charge in [-0.3, -0.25) is 9.09 Å². The SMILES string of the molecule is CON[C@H](C(=O)OP(=O)(OC[C@H]1O[C@@H](n2ccc(N)nc2=O)[C@@](C)(F)[C@@H]1O)Oc1ccccc1)C(C)C. The van der Waals surface area contributed by atoms with Gasteiger partial charge in [0.05, 0.1) is 13.7 Å². The predicted molar refractivity (Wildman–Crippen MR) is 128 cm³/mol. The molecular formula is C22H30FN4O9P. The van der Waals surface area contributed by atoms with Crippen molar-refractivity contribution < 1.29 is 42.0 Å². The van der Waals surface area contributed by atoms with E-state index in [4.69, 9.17) is 28.9 Å². The van der Waals surface area contributed by atoms with Crippen LogP contribution in [0.3, 0.4) is 0 Å². The van der Waals surface area contributed by atoms with E-state index in [1.54, 1.807) is 32.0 Å². The lowest BCUT2D eigenvalue weighted by Crippen LogP contribution is -2.43. The van der Waals surface area contributed by atoms with Crippen LogP contribution in [0.1, 0.15) is 27.0 Å². The number of ether oxygens (including phenoxy) is 1. The van der Waals surface area contributed by atoms with Crippen molar-refractivity contribution in [1.82, 2.24) is 15.0 Å². The fraction of sp³-hybridized carbons (Fsp3) is 0.500. The first-order valence-electron chi connectivity index (χ1n) is 11.3. The van der Waals surface area contributed by atoms with Crippen LogP contribution in [0.2, 0.25) is 0 Å². The lowest BCUT2D eigenvalue weighted by atomic mass is 9.98. The first kappa shape index (κ1) is 28.7. The molecule has 1 aromatic carbocycles. The van der Waals surface area contributed by atoms with E-state index in [1.165, 1.54) is 31.5 Å². The third-order valence-corrected chi connectivity index (χ3v) is 6.85. The number of benzene rings is 1. The summed E-state index contributed by atoms with van der Waals surface area (Å²) in [6, 6.07) is 8.00. The highest BCUT2D eigenvalue weighted by Gasteiger charge is 2.56. The Morgan fingerprint density at radius 1 is 1.35 bits per heavy atom. The van der Waals surface area contributed by atoms with Gasteiger partial charge in [0.1, 0.15) is 29.8 Å². The summed E-state index contributed by atoms with van der Waals surface area (Å²) in [5.74, 6) is -1.36. The lowest BCUT2D eigenvalue weighted by molar-refractivity contribution is -0.144. The number of nitrogens with one attached hydrogen (secondary N) is 1. The summed E-state index contributed by atoms with van der Waals surface area (Å²) in [5, 5.41) is 10.6. The van der Waals surface area contributed by atoms with Gasteiger partial charge in [0.15, 0.2) is 11.9 Å². The minimum Gasteiger partial charge on any atom is -0.395 e. The molecule has 0 radical (unpaired) electrons. The highest BCUT2D eigenvalue weighted by Crippen LogP contribution is 2.51. The zero-order chi connectivity index (χ0) is 27.4. The number of nitrogen functional groups attached to an aromatic ring is 1. The van der Waals surface area contributed by atoms with Gasteiger partial charge < -0.3 is 29.5 Å². The molecule has 6 atom stereocenters. The van der Waals surface area contributed by atoms with E-state index in [0.717, 1.165) is 11.5 Å². The molecule has 0 amide bonds. The van der Waals surface area contributed by atoms with Crippen molar-refractivity contribution in [2.24, 2.45) is 5.92 Å². The molecule has 1 unspecified atom stereocenters. The number of hydrogen-bond donors (Lipinski definition) is 3. The summed E-state index contributed by atoms with van der Waals surface area (Å²) >= 11 is 0. The maximum absolute atomic E-state index is 15.5. The van der Waals surface area contributed by atoms with Crippen molar-refractivity contribution in [2.45, 2.75) is 50.9 Å². The number of nitrogens with two attached hydrogens (primary N) is 1. The average Bonchev–Trinajstić information content (AvgIpc) is 3.05. The number of aliphatic hydroxyl groups is 1. The van der Waals surface area contributed by atoms with Crippen molar-refractivity contribution in [3.63, 3.8) is 0 Å². The largest absolute Gasteiger partial charge is 0.589 e. The quantitative estimate of drug-likeness (QED) is 0.277. The fourth-order valence-corrected chi connectivity index (χ4v) is 4.74. The number of hydroxylamine groups is 1. The van der Waals surface area contributed by atoms with Gasteiger partial charge in [0, 0.05) is 6.20 Å². The van der Waals surface area contributed by atoms with Crippen molar-refractivity contribution in [3.05, 3.63) is 53.1 Å². The molecule has 2 aromatic rings. The number of aromatic nitrogens is 2. The summed E-state index contributed by atoms with van der Waals surface area (Å²) < 4.78 is 51.2. The molecule has 1 aliphatic rings. The third-order valence-electron chi connectivity index (χ3n) is 5.55. The van der Waals surface area contributed by atoms with Crippen LogP contribution in [-0.4, -0.2) is 58.3 Å². The number of anilines is 1. The number of carbonyl (C=O) groups is 1. The summed E-state index contributed by atoms with van der Waals surface area (Å²) in [6.07, 6.45) is -3.71. The van der Waals surface area contributed by atoms with E-state index in [2.05, 4.69) is 10.5 Å². The molecule has 3 rings (SSSR count). The summed E-state index contributed by atoms with van der Waals surface area (Å²) in [7, 11) is -3.40. The molecule has 4 N–H and O–H groups in total. The lowest BCUT2D eigenvalue weighted by Gasteiger charge is -2.25. The minimum atomic E-state index is -4.70. The van der Waals surface area contributed by atoms with Gasteiger partial charge in [-0.15, -0.1) is 0 Å². The standard InChI is InChI=1S/C22H30FN4O9P/c1-13(2)17(26-32-4)19(29)36-37(31,35-14-8-6-5-7-9-14)33-12-15-18(28)22(3,23)20(34-15)27-11-10-16(24)25-21(27)30/h5-11,13,15,17-18,20,26,28H,12H2,1-4H3,(H2,24,25,30)/t15-,17+,18-,20-,22+,37?/m1/s1. The number of alkyl halides is 1. The minimum absolute atomic E-state index is 0.0556. The Morgan fingerprint density at radius 2 is 2.03 bits per heavy atom. The molecule has 15 heteroatoms. The Labute approximate surface area is 212 Å². The van der Waals surface area contributed by atoms with Crippen LogP contribution in [0.4, 0.5) is 10.2 Å². The number of aliphatic hydroxyl groups excluding tert-OH is 1. The third kappa shape index (κ3) is 6.72. The summed E-state index contributed by atoms with van der Waals surface area (Å²) in [6.45, 7) is 3.69. The van der Waals surface area contributed by atoms with E-state index >= 15 is 4.39 Å². The van der Waals surface area contributed by atoms with Crippen LogP contribution in [0.25, 0.3) is 0 Å². The number of hydrogen-bond acceptors (Lipinski definition) is 12. The van der Waals surface area contributed by atoms with Gasteiger partial charge in [0.25, 0.3) is 0 Å². The Morgan fingerprint density at radius 3 is 2.62 bits per heavy atom. The highest BCUT2D eigenvalue weighted by molar-refractivity contribution is 7.49. The van der Waals surface area contributed by atoms with E-state index in [1.807, 2.05) is 0 Å². The molecule has 1 aromatic heterocycles. The number of nitrogens with zero attached hydrogens (tertiary/aromatic N) is 2. The molecule has 13 nitrogen and oxygen atoms in total. The Hall–Kier alpha value is -2.87. The number of carbonyl (C=O) groups excluding carboxylic acids is 1. The Kier molecular flexibility index (Phi) is 9.05. The Bertz CT molecular complexity index is 1180. The van der Waals surface area contributed by atoms with E-state index in [0.29, 0.717) is 0 Å². The first-order chi connectivity index (χ1) is 17.4. The van der Waals surface area contributed by atoms with Crippen LogP contribution in [0.15, 0.2) is 47.4 Å². The van der Waals surface area contributed by atoms with Crippen molar-refractivity contribution in [2.75, 3.05) is 19.5 Å². The van der Waals surface area contributed by atoms with E-state index < -0.39 is 56.2 Å². The molecule has 0 bridgehead atoms. The van der Waals surface area contributed by atoms with E-state index in [9.17, 15) is 19.3 Å². The molecule has 37 heavy (non-hydrogen) atoms. The molecule has 2 heterocycles. The predicted octanol–water partition coefficient (Wildman–Crippen LogP) is 1.73. The number of rotatable bonds is 11. The van der Waals surface area contributed by atoms with Gasteiger partial charge in [0.2, 0.25) is 0 Å². The molecule has 0 spiro atoms. The van der Waals surface area contributed by atoms with Crippen LogP contribution < -0.4 is 21.4 Å². The van der Waals surface area contributed by atoms with Crippen LogP contribution in [0, 0.1) is 5.92 Å². The molecule has 0 aliphatic carbocycles. The highest BCUT2D eigenvalue weighted by atomic mass is 31.2. The zero-order valence-electron chi connectivity index (χ0n) is 20.6. The van der Waals surface area contributed by atoms with Gasteiger partial charge in [-0.1, -0.05) is 32.0 Å². The number of halogens is 1. The number of para-hydroxylation sites is 1. The molecule has 0 saturated carbocycles. The summed E-state index contributed by atoms with van der Waals surface area (Å²) in [5.41, 5.74) is 4.54. The maximum Gasteiger partial charge on any atom is 0.589 e. The van der Waals surface area contributed by atoms with Crippen LogP contribution >= 0.6 is 7.82 Å². The molecule has 1 fully saturated rings. The number of phosphoric acid groups is 1. The van der Waals surface area contributed by atoms with Gasteiger partial charge in [-0.25, -0.2) is 18.5 Å². The zero-order valence-corrected chi connectivity index (χ0v) is 21.5. The second-order valence-electron chi connectivity index (χ2n) is 8.77. The second-order valence-corrected chi connectivity index (χ2v) is 10.3. The maximum atomic E-state index is 15.5. The molecule has 1 saturated heterocycles. The average molecular weight is 544 g/mol. The molecule has 1 aliphatic heterocycles.